The maximum absolute atomic E-state index is 13.0. The van der Waals surface area contributed by atoms with Crippen molar-refractivity contribution in [2.75, 3.05) is 39.3 Å². The van der Waals surface area contributed by atoms with Crippen molar-refractivity contribution in [1.82, 2.24) is 24.9 Å². The van der Waals surface area contributed by atoms with Gasteiger partial charge in [0, 0.05) is 64.3 Å². The Morgan fingerprint density at radius 1 is 1.17 bits per heavy atom. The Bertz CT molecular complexity index is 604. The Balaban J connectivity index is 1.61. The highest BCUT2D eigenvalue weighted by atomic mass is 16.2. The second kappa shape index (κ2) is 6.93. The molecule has 2 aliphatic rings. The molecule has 0 aromatic carbocycles. The molecule has 7 heteroatoms. The average Bonchev–Trinajstić information content (AvgIpc) is 3.22. The number of hydrogen-bond donors (Lipinski definition) is 1. The monoisotopic (exact) mass is 333 g/mol. The zero-order valence-electron chi connectivity index (χ0n) is 14.7. The molecule has 1 N–H and O–H groups in total. The van der Waals surface area contributed by atoms with E-state index in [0.29, 0.717) is 32.7 Å². The number of aromatic nitrogens is 2. The SMILES string of the molecule is CC(C)C(=O)N1CCN(C(=O)[C@H]2CNC[C@@H]2c2cnn(C)c2)CC1. The van der Waals surface area contributed by atoms with Gasteiger partial charge in [0.1, 0.15) is 0 Å². The standard InChI is InChI=1S/C17H27N5O2/c1-12(2)16(23)21-4-6-22(7-5-21)17(24)15-10-18-9-14(15)13-8-19-20(3)11-13/h8,11-12,14-15,18H,4-7,9-10H2,1-3H3/t14-,15+/m1/s1. The first-order valence-electron chi connectivity index (χ1n) is 8.74. The molecule has 2 atom stereocenters. The predicted octanol–water partition coefficient (Wildman–Crippen LogP) is 0.0499. The molecule has 24 heavy (non-hydrogen) atoms. The molecule has 3 rings (SSSR count). The molecular formula is C17H27N5O2. The van der Waals surface area contributed by atoms with Crippen LogP contribution >= 0.6 is 0 Å². The number of hydrogen-bond acceptors (Lipinski definition) is 4. The fourth-order valence-corrected chi connectivity index (χ4v) is 3.67. The average molecular weight is 333 g/mol. The Morgan fingerprint density at radius 3 is 2.42 bits per heavy atom. The third-order valence-corrected chi connectivity index (χ3v) is 5.08. The number of nitrogens with one attached hydrogen (secondary N) is 1. The normalized spacial score (nSPS) is 24.7. The summed E-state index contributed by atoms with van der Waals surface area (Å²) in [7, 11) is 1.90. The van der Waals surface area contributed by atoms with Crippen molar-refractivity contribution < 1.29 is 9.59 Å². The van der Waals surface area contributed by atoms with Gasteiger partial charge in [0.2, 0.25) is 11.8 Å². The van der Waals surface area contributed by atoms with E-state index >= 15 is 0 Å². The first kappa shape index (κ1) is 17.0. The fourth-order valence-electron chi connectivity index (χ4n) is 3.67. The van der Waals surface area contributed by atoms with Gasteiger partial charge in [-0.15, -0.1) is 0 Å². The maximum atomic E-state index is 13.0. The van der Waals surface area contributed by atoms with Crippen molar-refractivity contribution in [3.63, 3.8) is 0 Å². The number of amides is 2. The predicted molar refractivity (Wildman–Crippen MR) is 90.3 cm³/mol. The van der Waals surface area contributed by atoms with Crippen LogP contribution in [-0.4, -0.2) is 70.7 Å². The quantitative estimate of drug-likeness (QED) is 0.849. The maximum Gasteiger partial charge on any atom is 0.227 e. The van der Waals surface area contributed by atoms with Gasteiger partial charge in [-0.2, -0.15) is 5.10 Å². The zero-order chi connectivity index (χ0) is 17.3. The molecule has 2 fully saturated rings. The molecule has 2 aliphatic heterocycles. The van der Waals surface area contributed by atoms with Crippen LogP contribution < -0.4 is 5.32 Å². The molecule has 1 aromatic rings. The molecule has 7 nitrogen and oxygen atoms in total. The van der Waals surface area contributed by atoms with E-state index in [0.717, 1.165) is 12.1 Å². The highest BCUT2D eigenvalue weighted by molar-refractivity contribution is 5.82. The van der Waals surface area contributed by atoms with Gasteiger partial charge in [0.15, 0.2) is 0 Å². The molecular weight excluding hydrogens is 306 g/mol. The summed E-state index contributed by atoms with van der Waals surface area (Å²) >= 11 is 0. The minimum atomic E-state index is -0.0402. The molecule has 2 amide bonds. The van der Waals surface area contributed by atoms with Gasteiger partial charge in [-0.3, -0.25) is 14.3 Å². The number of piperazine rings is 1. The molecule has 2 saturated heterocycles. The first-order valence-corrected chi connectivity index (χ1v) is 8.74. The van der Waals surface area contributed by atoms with E-state index in [9.17, 15) is 9.59 Å². The molecule has 0 radical (unpaired) electrons. The molecule has 0 bridgehead atoms. The van der Waals surface area contributed by atoms with E-state index in [1.165, 1.54) is 0 Å². The summed E-state index contributed by atoms with van der Waals surface area (Å²) in [4.78, 5) is 28.8. The second-order valence-electron chi connectivity index (χ2n) is 7.12. The van der Waals surface area contributed by atoms with Crippen LogP contribution in [0.4, 0.5) is 0 Å². The first-order chi connectivity index (χ1) is 11.5. The fraction of sp³-hybridized carbons (Fsp3) is 0.706. The van der Waals surface area contributed by atoms with Gasteiger partial charge in [-0.25, -0.2) is 0 Å². The molecule has 0 aliphatic carbocycles. The van der Waals surface area contributed by atoms with E-state index in [4.69, 9.17) is 0 Å². The summed E-state index contributed by atoms with van der Waals surface area (Å²) in [6, 6.07) is 0. The van der Waals surface area contributed by atoms with Crippen LogP contribution in [0.25, 0.3) is 0 Å². The minimum Gasteiger partial charge on any atom is -0.339 e. The summed E-state index contributed by atoms with van der Waals surface area (Å²) in [5.74, 6) is 0.535. The largest absolute Gasteiger partial charge is 0.339 e. The summed E-state index contributed by atoms with van der Waals surface area (Å²) in [6.45, 7) is 7.91. The highest BCUT2D eigenvalue weighted by Crippen LogP contribution is 2.29. The van der Waals surface area contributed by atoms with Gasteiger partial charge in [-0.05, 0) is 5.56 Å². The molecule has 0 saturated carbocycles. The lowest BCUT2D eigenvalue weighted by Crippen LogP contribution is -2.53. The Hall–Kier alpha value is -1.89. The van der Waals surface area contributed by atoms with Gasteiger partial charge in [0.05, 0.1) is 12.1 Å². The lowest BCUT2D eigenvalue weighted by Gasteiger charge is -2.37. The Morgan fingerprint density at radius 2 is 1.83 bits per heavy atom. The van der Waals surface area contributed by atoms with E-state index < -0.39 is 0 Å². The molecule has 0 unspecified atom stereocenters. The Kier molecular flexibility index (Phi) is 4.89. The van der Waals surface area contributed by atoms with E-state index in [1.807, 2.05) is 43.1 Å². The van der Waals surface area contributed by atoms with E-state index in [1.54, 1.807) is 4.68 Å². The topological polar surface area (TPSA) is 70.5 Å². The van der Waals surface area contributed by atoms with Crippen LogP contribution in [-0.2, 0) is 16.6 Å². The summed E-state index contributed by atoms with van der Waals surface area (Å²) in [5, 5.41) is 7.58. The third-order valence-electron chi connectivity index (χ3n) is 5.08. The lowest BCUT2D eigenvalue weighted by molar-refractivity contribution is -0.143. The smallest absolute Gasteiger partial charge is 0.227 e. The van der Waals surface area contributed by atoms with Gasteiger partial charge < -0.3 is 15.1 Å². The number of carbonyl (C=O) groups is 2. The highest BCUT2D eigenvalue weighted by Gasteiger charge is 2.38. The number of aryl methyl sites for hydroxylation is 1. The van der Waals surface area contributed by atoms with Crippen LogP contribution in [0, 0.1) is 11.8 Å². The minimum absolute atomic E-state index is 0.0150. The molecule has 132 valence electrons. The summed E-state index contributed by atoms with van der Waals surface area (Å²) < 4.78 is 1.78. The molecule has 3 heterocycles. The van der Waals surface area contributed by atoms with E-state index in [-0.39, 0.29) is 29.6 Å². The van der Waals surface area contributed by atoms with Crippen LogP contribution in [0.5, 0.6) is 0 Å². The molecule has 0 spiro atoms. The number of nitrogens with zero attached hydrogens (tertiary/aromatic N) is 4. The Labute approximate surface area is 143 Å². The second-order valence-corrected chi connectivity index (χ2v) is 7.12. The van der Waals surface area contributed by atoms with Crippen LogP contribution in [0.15, 0.2) is 12.4 Å². The van der Waals surface area contributed by atoms with Crippen molar-refractivity contribution in [3.8, 4) is 0 Å². The van der Waals surface area contributed by atoms with Crippen molar-refractivity contribution in [2.45, 2.75) is 19.8 Å². The third kappa shape index (κ3) is 3.31. The zero-order valence-corrected chi connectivity index (χ0v) is 14.7. The van der Waals surface area contributed by atoms with E-state index in [2.05, 4.69) is 10.4 Å². The summed E-state index contributed by atoms with van der Waals surface area (Å²) in [6.07, 6.45) is 3.86. The van der Waals surface area contributed by atoms with Crippen molar-refractivity contribution in [3.05, 3.63) is 18.0 Å². The lowest BCUT2D eigenvalue weighted by atomic mass is 9.89. The summed E-state index contributed by atoms with van der Waals surface area (Å²) in [5.41, 5.74) is 1.12. The van der Waals surface area contributed by atoms with Gasteiger partial charge in [-0.1, -0.05) is 13.8 Å². The van der Waals surface area contributed by atoms with Crippen molar-refractivity contribution in [2.24, 2.45) is 18.9 Å². The molecule has 1 aromatic heterocycles. The van der Waals surface area contributed by atoms with Crippen molar-refractivity contribution in [1.29, 1.82) is 0 Å². The van der Waals surface area contributed by atoms with Crippen molar-refractivity contribution >= 4 is 11.8 Å². The van der Waals surface area contributed by atoms with Crippen LogP contribution in [0.3, 0.4) is 0 Å². The van der Waals surface area contributed by atoms with Gasteiger partial charge >= 0.3 is 0 Å². The van der Waals surface area contributed by atoms with Gasteiger partial charge in [0.25, 0.3) is 0 Å². The number of carbonyl (C=O) groups excluding carboxylic acids is 2. The van der Waals surface area contributed by atoms with Crippen LogP contribution in [0.1, 0.15) is 25.3 Å². The van der Waals surface area contributed by atoms with Crippen LogP contribution in [0.2, 0.25) is 0 Å². The number of rotatable bonds is 3.